The summed E-state index contributed by atoms with van der Waals surface area (Å²) in [5.41, 5.74) is -0.484. The van der Waals surface area contributed by atoms with Gasteiger partial charge >= 0.3 is 5.97 Å². The van der Waals surface area contributed by atoms with Crippen molar-refractivity contribution in [1.82, 2.24) is 0 Å². The first kappa shape index (κ1) is 18.4. The van der Waals surface area contributed by atoms with Gasteiger partial charge in [-0.05, 0) is 19.2 Å². The number of hydrogen-bond donors (Lipinski definition) is 1. The maximum Gasteiger partial charge on any atom is 0.313 e. The van der Waals surface area contributed by atoms with Crippen LogP contribution in [0.2, 0.25) is 0 Å². The topological polar surface area (TPSA) is 72.5 Å². The van der Waals surface area contributed by atoms with Gasteiger partial charge in [0, 0.05) is 22.4 Å². The quantitative estimate of drug-likeness (QED) is 0.366. The predicted molar refractivity (Wildman–Crippen MR) is 82.1 cm³/mol. The number of benzene rings is 1. The van der Waals surface area contributed by atoms with Crippen molar-refractivity contribution in [2.45, 2.75) is 13.3 Å². The first-order valence-corrected chi connectivity index (χ1v) is 8.64. The van der Waals surface area contributed by atoms with Gasteiger partial charge < -0.3 is 10.1 Å². The maximum atomic E-state index is 13.3. The molecule has 0 heterocycles. The number of carbonyl (C=O) groups excluding carboxylic acids is 3. The van der Waals surface area contributed by atoms with Crippen LogP contribution in [0.15, 0.2) is 12.1 Å². The summed E-state index contributed by atoms with van der Waals surface area (Å²) in [5.74, 6) is -4.02. The highest BCUT2D eigenvalue weighted by Gasteiger charge is 2.20. The molecular formula is C13H13F2NO4S2. The van der Waals surface area contributed by atoms with Gasteiger partial charge in [0.25, 0.3) is 5.24 Å². The number of Topliss-reactive ketones (excluding diaryl/α,β-unsaturated/α-hetero) is 1. The van der Waals surface area contributed by atoms with Crippen molar-refractivity contribution in [3.05, 3.63) is 29.3 Å². The Bertz CT molecular complexity index is 596. The molecule has 0 aliphatic rings. The second-order valence-electron chi connectivity index (χ2n) is 3.88. The second-order valence-corrected chi connectivity index (χ2v) is 6.25. The Morgan fingerprint density at radius 1 is 1.23 bits per heavy atom. The number of rotatable bonds is 6. The van der Waals surface area contributed by atoms with Crippen molar-refractivity contribution in [1.29, 1.82) is 0 Å². The lowest BCUT2D eigenvalue weighted by Gasteiger charge is -2.10. The van der Waals surface area contributed by atoms with Gasteiger partial charge in [-0.1, -0.05) is 10.8 Å². The number of carbonyl (C=O) groups is 3. The lowest BCUT2D eigenvalue weighted by atomic mass is 10.1. The van der Waals surface area contributed by atoms with E-state index in [9.17, 15) is 23.2 Å². The number of anilines is 1. The summed E-state index contributed by atoms with van der Waals surface area (Å²) in [6.45, 7) is 1.67. The third-order valence-corrected chi connectivity index (χ3v) is 3.74. The van der Waals surface area contributed by atoms with E-state index in [1.54, 1.807) is 13.2 Å². The average Bonchev–Trinajstić information content (AvgIpc) is 2.42. The van der Waals surface area contributed by atoms with Crippen molar-refractivity contribution in [3.8, 4) is 0 Å². The molecule has 0 aromatic heterocycles. The fourth-order valence-corrected chi connectivity index (χ4v) is 2.41. The smallest absolute Gasteiger partial charge is 0.313 e. The minimum Gasteiger partial charge on any atom is -0.466 e. The Balaban J connectivity index is 3.05. The van der Waals surface area contributed by atoms with E-state index in [4.69, 9.17) is 0 Å². The molecule has 0 aliphatic carbocycles. The van der Waals surface area contributed by atoms with Crippen LogP contribution in [-0.2, 0) is 9.53 Å². The average molecular weight is 349 g/mol. The largest absolute Gasteiger partial charge is 0.466 e. The highest BCUT2D eigenvalue weighted by Crippen LogP contribution is 2.25. The lowest BCUT2D eigenvalue weighted by molar-refractivity contribution is -0.141. The van der Waals surface area contributed by atoms with Crippen LogP contribution in [0.25, 0.3) is 0 Å². The van der Waals surface area contributed by atoms with Crippen molar-refractivity contribution < 1.29 is 27.9 Å². The van der Waals surface area contributed by atoms with Crippen LogP contribution in [0.4, 0.5) is 19.3 Å². The summed E-state index contributed by atoms with van der Waals surface area (Å²) in [7, 11) is 1.97. The van der Waals surface area contributed by atoms with Crippen molar-refractivity contribution >= 4 is 44.3 Å². The van der Waals surface area contributed by atoms with Crippen LogP contribution in [-0.4, -0.2) is 29.9 Å². The van der Waals surface area contributed by atoms with Crippen LogP contribution in [0.5, 0.6) is 0 Å². The van der Waals surface area contributed by atoms with Crippen LogP contribution >= 0.6 is 21.6 Å². The molecule has 22 heavy (non-hydrogen) atoms. The Morgan fingerprint density at radius 3 is 2.45 bits per heavy atom. The fourth-order valence-electron chi connectivity index (χ4n) is 1.53. The summed E-state index contributed by atoms with van der Waals surface area (Å²) in [6.07, 6.45) is 1.03. The van der Waals surface area contributed by atoms with Gasteiger partial charge in [0.15, 0.2) is 17.4 Å². The molecular weight excluding hydrogens is 336 g/mol. The fraction of sp³-hybridized carbons (Fsp3) is 0.308. The minimum absolute atomic E-state index is 0.0951. The number of hydrogen-bond acceptors (Lipinski definition) is 6. The molecule has 5 nitrogen and oxygen atoms in total. The van der Waals surface area contributed by atoms with Crippen molar-refractivity contribution in [2.24, 2.45) is 0 Å². The molecule has 0 atom stereocenters. The SMILES string of the molecule is CCOC(=O)CC(=O)c1cc(F)c(F)cc1NC(=O)SSC. The van der Waals surface area contributed by atoms with Gasteiger partial charge in [-0.25, -0.2) is 8.78 Å². The van der Waals surface area contributed by atoms with Crippen LogP contribution < -0.4 is 5.32 Å². The Kier molecular flexibility index (Phi) is 7.33. The first-order chi connectivity index (χ1) is 10.4. The zero-order valence-electron chi connectivity index (χ0n) is 11.8. The highest BCUT2D eigenvalue weighted by molar-refractivity contribution is 8.82. The molecule has 120 valence electrons. The molecule has 1 N–H and O–H groups in total. The Labute approximate surface area is 133 Å². The molecule has 0 aliphatic heterocycles. The van der Waals surface area contributed by atoms with Crippen LogP contribution in [0.1, 0.15) is 23.7 Å². The monoisotopic (exact) mass is 349 g/mol. The molecule has 0 bridgehead atoms. The molecule has 0 fully saturated rings. The maximum absolute atomic E-state index is 13.3. The Hall–Kier alpha value is -1.61. The third kappa shape index (κ3) is 5.30. The molecule has 0 spiro atoms. The standard InChI is InChI=1S/C13H13F2NO4S2/c1-3-20-12(18)6-11(17)7-4-8(14)9(15)5-10(7)16-13(19)22-21-2/h4-5H,3,6H2,1-2H3,(H,16,19). The van der Waals surface area contributed by atoms with E-state index in [1.165, 1.54) is 0 Å². The van der Waals surface area contributed by atoms with E-state index in [0.717, 1.165) is 21.6 Å². The summed E-state index contributed by atoms with van der Waals surface area (Å²) in [5, 5.41) is 1.74. The van der Waals surface area contributed by atoms with Gasteiger partial charge in [0.2, 0.25) is 0 Å². The molecule has 0 saturated heterocycles. The number of ether oxygens (including phenoxy) is 1. The predicted octanol–water partition coefficient (Wildman–Crippen LogP) is 3.64. The summed E-state index contributed by atoms with van der Waals surface area (Å²) < 4.78 is 31.3. The van der Waals surface area contributed by atoms with E-state index >= 15 is 0 Å². The number of ketones is 1. The molecule has 1 aromatic carbocycles. The van der Waals surface area contributed by atoms with Crippen LogP contribution in [0.3, 0.4) is 0 Å². The van der Waals surface area contributed by atoms with Gasteiger partial charge in [0.1, 0.15) is 6.42 Å². The number of amides is 1. The van der Waals surface area contributed by atoms with Crippen molar-refractivity contribution in [3.63, 3.8) is 0 Å². The lowest BCUT2D eigenvalue weighted by Crippen LogP contribution is -2.15. The number of halogens is 2. The molecule has 1 rings (SSSR count). The van der Waals surface area contributed by atoms with Gasteiger partial charge in [-0.2, -0.15) is 0 Å². The van der Waals surface area contributed by atoms with E-state index < -0.39 is 35.0 Å². The molecule has 0 saturated carbocycles. The zero-order valence-corrected chi connectivity index (χ0v) is 13.4. The highest BCUT2D eigenvalue weighted by atomic mass is 33.1. The minimum atomic E-state index is -1.25. The molecule has 0 radical (unpaired) electrons. The van der Waals surface area contributed by atoms with E-state index in [2.05, 4.69) is 10.1 Å². The number of nitrogens with one attached hydrogen (secondary N) is 1. The van der Waals surface area contributed by atoms with E-state index in [1.807, 2.05) is 0 Å². The summed E-state index contributed by atoms with van der Waals surface area (Å²) in [6, 6.07) is 1.35. The summed E-state index contributed by atoms with van der Waals surface area (Å²) in [4.78, 5) is 34.8. The third-order valence-electron chi connectivity index (χ3n) is 2.37. The van der Waals surface area contributed by atoms with Crippen molar-refractivity contribution in [2.75, 3.05) is 18.2 Å². The normalized spacial score (nSPS) is 10.2. The second kappa shape index (κ2) is 8.74. The summed E-state index contributed by atoms with van der Waals surface area (Å²) >= 11 is 0. The van der Waals surface area contributed by atoms with Gasteiger partial charge in [0.05, 0.1) is 12.3 Å². The molecule has 1 aromatic rings. The van der Waals surface area contributed by atoms with E-state index in [0.29, 0.717) is 12.1 Å². The zero-order chi connectivity index (χ0) is 16.7. The molecule has 1 amide bonds. The van der Waals surface area contributed by atoms with Gasteiger partial charge in [-0.15, -0.1) is 0 Å². The van der Waals surface area contributed by atoms with Crippen LogP contribution in [0, 0.1) is 11.6 Å². The molecule has 0 unspecified atom stereocenters. The molecule has 9 heteroatoms. The first-order valence-electron chi connectivity index (χ1n) is 6.08. The van der Waals surface area contributed by atoms with Gasteiger partial charge in [-0.3, -0.25) is 14.4 Å². The number of esters is 1. The van der Waals surface area contributed by atoms with E-state index in [-0.39, 0.29) is 17.9 Å². The Morgan fingerprint density at radius 2 is 1.86 bits per heavy atom.